The summed E-state index contributed by atoms with van der Waals surface area (Å²) in [6.45, 7) is 1.97. The van der Waals surface area contributed by atoms with Crippen LogP contribution < -0.4 is 5.32 Å². The second-order valence-electron chi connectivity index (χ2n) is 3.92. The molecule has 1 amide bonds. The third kappa shape index (κ3) is 3.47. The third-order valence-corrected chi connectivity index (χ3v) is 3.60. The van der Waals surface area contributed by atoms with Crippen LogP contribution in [0.25, 0.3) is 0 Å². The molecule has 2 aromatic rings. The summed E-state index contributed by atoms with van der Waals surface area (Å²) in [4.78, 5) is 15.9. The number of halogens is 3. The molecule has 19 heavy (non-hydrogen) atoms. The van der Waals surface area contributed by atoms with Gasteiger partial charge in [0.15, 0.2) is 0 Å². The Morgan fingerprint density at radius 1 is 1.32 bits per heavy atom. The highest BCUT2D eigenvalue weighted by molar-refractivity contribution is 9.10. The van der Waals surface area contributed by atoms with Crippen molar-refractivity contribution in [1.29, 1.82) is 0 Å². The molecule has 6 heteroatoms. The topological polar surface area (TPSA) is 42.0 Å². The van der Waals surface area contributed by atoms with Gasteiger partial charge in [-0.15, -0.1) is 0 Å². The molecule has 0 aliphatic heterocycles. The maximum atomic E-state index is 12.1. The number of aryl methyl sites for hydroxylation is 1. The molecule has 1 heterocycles. The van der Waals surface area contributed by atoms with Crippen molar-refractivity contribution in [1.82, 2.24) is 4.98 Å². The maximum absolute atomic E-state index is 12.1. The Hall–Kier alpha value is -1.10. The summed E-state index contributed by atoms with van der Waals surface area (Å²) < 4.78 is 0.803. The molecular formula is C13H9BrCl2N2O. The quantitative estimate of drug-likeness (QED) is 0.789. The number of benzene rings is 1. The van der Waals surface area contributed by atoms with Crippen molar-refractivity contribution < 1.29 is 4.79 Å². The Kier molecular flexibility index (Phi) is 4.45. The normalized spacial score (nSPS) is 10.3. The van der Waals surface area contributed by atoms with Crippen molar-refractivity contribution >= 4 is 50.7 Å². The monoisotopic (exact) mass is 358 g/mol. The molecule has 1 aromatic carbocycles. The van der Waals surface area contributed by atoms with Gasteiger partial charge in [-0.25, -0.2) is 4.98 Å². The van der Waals surface area contributed by atoms with Gasteiger partial charge in [-0.05, 0) is 46.6 Å². The molecule has 0 saturated heterocycles. The van der Waals surface area contributed by atoms with Gasteiger partial charge in [0, 0.05) is 10.7 Å². The molecule has 98 valence electrons. The summed E-state index contributed by atoms with van der Waals surface area (Å²) in [7, 11) is 0. The predicted molar refractivity (Wildman–Crippen MR) is 81.1 cm³/mol. The Bertz CT molecular complexity index is 647. The first kappa shape index (κ1) is 14.3. The van der Waals surface area contributed by atoms with Crippen LogP contribution in [0.1, 0.15) is 15.9 Å². The van der Waals surface area contributed by atoms with Crippen LogP contribution in [-0.2, 0) is 0 Å². The van der Waals surface area contributed by atoms with Gasteiger partial charge in [-0.3, -0.25) is 4.79 Å². The van der Waals surface area contributed by atoms with Gasteiger partial charge in [0.1, 0.15) is 5.15 Å². The van der Waals surface area contributed by atoms with Crippen molar-refractivity contribution in [3.63, 3.8) is 0 Å². The Labute approximate surface area is 129 Å². The summed E-state index contributed by atoms with van der Waals surface area (Å²) in [5.74, 6) is -0.334. The van der Waals surface area contributed by atoms with Gasteiger partial charge in [0.2, 0.25) is 0 Å². The van der Waals surface area contributed by atoms with E-state index in [0.717, 1.165) is 10.0 Å². The highest BCUT2D eigenvalue weighted by Gasteiger charge is 2.13. The fourth-order valence-electron chi connectivity index (χ4n) is 1.50. The van der Waals surface area contributed by atoms with Gasteiger partial charge in [0.05, 0.1) is 16.3 Å². The van der Waals surface area contributed by atoms with Crippen LogP contribution in [0.15, 0.2) is 34.9 Å². The standard InChI is InChI=1S/C13H9BrCl2N2O/c1-7-2-3-11(9(14)4-7)18-13(19)8-5-12(16)17-6-10(8)15/h2-6H,1H3,(H,18,19). The molecule has 3 nitrogen and oxygen atoms in total. The number of nitrogens with zero attached hydrogens (tertiary/aromatic N) is 1. The second-order valence-corrected chi connectivity index (χ2v) is 5.57. The number of nitrogens with one attached hydrogen (secondary N) is 1. The number of anilines is 1. The molecule has 0 fully saturated rings. The fourth-order valence-corrected chi connectivity index (χ4v) is 2.44. The van der Waals surface area contributed by atoms with Gasteiger partial charge in [0.25, 0.3) is 5.91 Å². The van der Waals surface area contributed by atoms with Crippen LogP contribution in [0.5, 0.6) is 0 Å². The molecule has 0 bridgehead atoms. The van der Waals surface area contributed by atoms with Crippen molar-refractivity contribution in [2.24, 2.45) is 0 Å². The summed E-state index contributed by atoms with van der Waals surface area (Å²) in [5.41, 5.74) is 2.05. The molecule has 0 aliphatic carbocycles. The number of carbonyl (C=O) groups is 1. The number of hydrogen-bond acceptors (Lipinski definition) is 2. The number of rotatable bonds is 2. The van der Waals surface area contributed by atoms with Crippen LogP contribution in [0.4, 0.5) is 5.69 Å². The van der Waals surface area contributed by atoms with E-state index >= 15 is 0 Å². The van der Waals surface area contributed by atoms with E-state index in [0.29, 0.717) is 5.69 Å². The summed E-state index contributed by atoms with van der Waals surface area (Å²) >= 11 is 15.1. The van der Waals surface area contributed by atoms with E-state index in [4.69, 9.17) is 23.2 Å². The lowest BCUT2D eigenvalue weighted by atomic mass is 10.2. The van der Waals surface area contributed by atoms with E-state index in [1.54, 1.807) is 0 Å². The van der Waals surface area contributed by atoms with Gasteiger partial charge in [-0.1, -0.05) is 29.3 Å². The van der Waals surface area contributed by atoms with Gasteiger partial charge in [-0.2, -0.15) is 0 Å². The highest BCUT2D eigenvalue weighted by atomic mass is 79.9. The zero-order valence-corrected chi connectivity index (χ0v) is 13.0. The van der Waals surface area contributed by atoms with E-state index in [1.165, 1.54) is 12.3 Å². The molecule has 0 radical (unpaired) electrons. The average Bonchev–Trinajstić information content (AvgIpc) is 2.35. The number of aromatic nitrogens is 1. The molecule has 0 saturated carbocycles. The molecule has 1 aromatic heterocycles. The zero-order chi connectivity index (χ0) is 14.0. The minimum atomic E-state index is -0.334. The third-order valence-electron chi connectivity index (χ3n) is 2.44. The predicted octanol–water partition coefficient (Wildman–Crippen LogP) is 4.71. The van der Waals surface area contributed by atoms with E-state index in [2.05, 4.69) is 26.2 Å². The first-order valence-electron chi connectivity index (χ1n) is 5.36. The number of carbonyl (C=O) groups excluding carboxylic acids is 1. The van der Waals surface area contributed by atoms with Crippen LogP contribution in [0.2, 0.25) is 10.2 Å². The Balaban J connectivity index is 2.28. The number of pyridine rings is 1. The Morgan fingerprint density at radius 3 is 2.74 bits per heavy atom. The first-order valence-corrected chi connectivity index (χ1v) is 6.91. The van der Waals surface area contributed by atoms with Gasteiger partial charge >= 0.3 is 0 Å². The summed E-state index contributed by atoms with van der Waals surface area (Å²) in [6, 6.07) is 7.06. The smallest absolute Gasteiger partial charge is 0.257 e. The van der Waals surface area contributed by atoms with Gasteiger partial charge < -0.3 is 5.32 Å². The SMILES string of the molecule is Cc1ccc(NC(=O)c2cc(Cl)ncc2Cl)c(Br)c1. The number of amides is 1. The fraction of sp³-hybridized carbons (Fsp3) is 0.0769. The molecule has 0 spiro atoms. The largest absolute Gasteiger partial charge is 0.321 e. The average molecular weight is 360 g/mol. The Morgan fingerprint density at radius 2 is 2.05 bits per heavy atom. The van der Waals surface area contributed by atoms with E-state index in [-0.39, 0.29) is 21.6 Å². The van der Waals surface area contributed by atoms with Crippen LogP contribution in [0, 0.1) is 6.92 Å². The summed E-state index contributed by atoms with van der Waals surface area (Å²) in [5, 5.41) is 3.24. The van der Waals surface area contributed by atoms with Crippen molar-refractivity contribution in [3.8, 4) is 0 Å². The zero-order valence-electron chi connectivity index (χ0n) is 9.88. The second kappa shape index (κ2) is 5.90. The highest BCUT2D eigenvalue weighted by Crippen LogP contribution is 2.25. The van der Waals surface area contributed by atoms with Crippen LogP contribution >= 0.6 is 39.1 Å². The lowest BCUT2D eigenvalue weighted by molar-refractivity contribution is 0.102. The minimum absolute atomic E-state index is 0.220. The molecule has 1 N–H and O–H groups in total. The van der Waals surface area contributed by atoms with E-state index in [9.17, 15) is 4.79 Å². The molecule has 0 atom stereocenters. The number of hydrogen-bond donors (Lipinski definition) is 1. The molecule has 0 unspecified atom stereocenters. The lowest BCUT2D eigenvalue weighted by Crippen LogP contribution is -2.13. The maximum Gasteiger partial charge on any atom is 0.257 e. The molecule has 0 aliphatic rings. The first-order chi connectivity index (χ1) is 8.97. The van der Waals surface area contributed by atoms with Crippen LogP contribution in [0.3, 0.4) is 0 Å². The van der Waals surface area contributed by atoms with Crippen molar-refractivity contribution in [3.05, 3.63) is 56.2 Å². The van der Waals surface area contributed by atoms with E-state index in [1.807, 2.05) is 25.1 Å². The minimum Gasteiger partial charge on any atom is -0.321 e. The molecular weight excluding hydrogens is 351 g/mol. The van der Waals surface area contributed by atoms with E-state index < -0.39 is 0 Å². The molecule has 2 rings (SSSR count). The van der Waals surface area contributed by atoms with Crippen molar-refractivity contribution in [2.45, 2.75) is 6.92 Å². The van der Waals surface area contributed by atoms with Crippen LogP contribution in [-0.4, -0.2) is 10.9 Å². The lowest BCUT2D eigenvalue weighted by Gasteiger charge is -2.09. The summed E-state index contributed by atoms with van der Waals surface area (Å²) in [6.07, 6.45) is 1.35. The van der Waals surface area contributed by atoms with Crippen molar-refractivity contribution in [2.75, 3.05) is 5.32 Å².